The van der Waals surface area contributed by atoms with Gasteiger partial charge in [0.25, 0.3) is 5.89 Å². The topological polar surface area (TPSA) is 91.0 Å². The van der Waals surface area contributed by atoms with Gasteiger partial charge < -0.3 is 9.26 Å². The molecule has 0 unspecified atom stereocenters. The Hall–Kier alpha value is -3.16. The molecule has 0 N–H and O–H groups in total. The van der Waals surface area contributed by atoms with Gasteiger partial charge in [-0.3, -0.25) is 4.98 Å². The highest BCUT2D eigenvalue weighted by molar-refractivity contribution is 5.86. The quantitative estimate of drug-likeness (QED) is 0.682. The number of esters is 1. The minimum Gasteiger partial charge on any atom is -0.451 e. The van der Waals surface area contributed by atoms with Crippen molar-refractivity contribution in [3.63, 3.8) is 0 Å². The summed E-state index contributed by atoms with van der Waals surface area (Å²) < 4.78 is 22.9. The highest BCUT2D eigenvalue weighted by atomic mass is 19.1. The molecule has 116 valence electrons. The molecule has 2 aromatic heterocycles. The Morgan fingerprint density at radius 1 is 1.22 bits per heavy atom. The highest BCUT2D eigenvalue weighted by Crippen LogP contribution is 2.16. The van der Waals surface area contributed by atoms with Crippen LogP contribution < -0.4 is 0 Å². The monoisotopic (exact) mass is 314 g/mol. The van der Waals surface area contributed by atoms with Gasteiger partial charge >= 0.3 is 5.97 Å². The van der Waals surface area contributed by atoms with Gasteiger partial charge in [-0.05, 0) is 31.2 Å². The molecule has 0 saturated heterocycles. The Bertz CT molecular complexity index is 815. The van der Waals surface area contributed by atoms with Crippen LogP contribution in [0.5, 0.6) is 0 Å². The van der Waals surface area contributed by atoms with Gasteiger partial charge in [-0.15, -0.1) is 0 Å². The molecule has 0 fully saturated rings. The molecule has 0 amide bonds. The van der Waals surface area contributed by atoms with Crippen LogP contribution in [-0.2, 0) is 11.3 Å². The van der Waals surface area contributed by atoms with E-state index in [1.807, 2.05) is 0 Å². The first-order valence-electron chi connectivity index (χ1n) is 6.66. The summed E-state index contributed by atoms with van der Waals surface area (Å²) >= 11 is 0. The predicted octanol–water partition coefficient (Wildman–Crippen LogP) is 2.33. The lowest BCUT2D eigenvalue weighted by Crippen LogP contribution is -2.08. The number of hydrogen-bond donors (Lipinski definition) is 0. The van der Waals surface area contributed by atoms with E-state index >= 15 is 0 Å². The highest BCUT2D eigenvalue weighted by Gasteiger charge is 2.13. The van der Waals surface area contributed by atoms with Crippen LogP contribution in [0.2, 0.25) is 0 Å². The van der Waals surface area contributed by atoms with Crippen LogP contribution in [-0.4, -0.2) is 26.1 Å². The van der Waals surface area contributed by atoms with Crippen molar-refractivity contribution < 1.29 is 18.4 Å². The summed E-state index contributed by atoms with van der Waals surface area (Å²) in [6.07, 6.45) is 2.80. The summed E-state index contributed by atoms with van der Waals surface area (Å²) in [5, 5.41) is 3.75. The van der Waals surface area contributed by atoms with Crippen molar-refractivity contribution in [2.45, 2.75) is 13.5 Å². The van der Waals surface area contributed by atoms with Crippen molar-refractivity contribution in [1.82, 2.24) is 20.1 Å². The van der Waals surface area contributed by atoms with E-state index in [4.69, 9.17) is 9.26 Å². The van der Waals surface area contributed by atoms with Gasteiger partial charge in [-0.25, -0.2) is 14.2 Å². The number of halogens is 1. The van der Waals surface area contributed by atoms with E-state index in [0.717, 1.165) is 0 Å². The molecule has 0 radical (unpaired) electrons. The summed E-state index contributed by atoms with van der Waals surface area (Å²) in [6, 6.07) is 5.64. The standard InChI is InChI=1S/C15H11FN4O3/c1-9-6-18-12(7-17-9)15(21)22-8-13-19-14(20-23-13)10-2-4-11(16)5-3-10/h2-7H,8H2,1H3. The third-order valence-electron chi connectivity index (χ3n) is 2.89. The zero-order valence-corrected chi connectivity index (χ0v) is 12.1. The number of aromatic nitrogens is 4. The van der Waals surface area contributed by atoms with E-state index in [9.17, 15) is 9.18 Å². The van der Waals surface area contributed by atoms with E-state index in [1.54, 1.807) is 6.92 Å². The summed E-state index contributed by atoms with van der Waals surface area (Å²) in [5.41, 5.74) is 1.38. The Kier molecular flexibility index (Phi) is 4.05. The SMILES string of the molecule is Cc1cnc(C(=O)OCc2nc(-c3ccc(F)cc3)no2)cn1. The molecule has 0 atom stereocenters. The summed E-state index contributed by atoms with van der Waals surface area (Å²) in [4.78, 5) is 23.7. The number of ether oxygens (including phenoxy) is 1. The minimum atomic E-state index is -0.640. The number of hydrogen-bond acceptors (Lipinski definition) is 7. The van der Waals surface area contributed by atoms with Crippen molar-refractivity contribution >= 4 is 5.97 Å². The maximum Gasteiger partial charge on any atom is 0.359 e. The van der Waals surface area contributed by atoms with Crippen LogP contribution in [0.4, 0.5) is 4.39 Å². The predicted molar refractivity (Wildman–Crippen MR) is 75.6 cm³/mol. The third kappa shape index (κ3) is 3.54. The lowest BCUT2D eigenvalue weighted by molar-refractivity contribution is 0.0422. The second-order valence-electron chi connectivity index (χ2n) is 4.64. The summed E-state index contributed by atoms with van der Waals surface area (Å²) in [6.45, 7) is 1.57. The number of nitrogens with zero attached hydrogens (tertiary/aromatic N) is 4. The van der Waals surface area contributed by atoms with Gasteiger partial charge in [0.05, 0.1) is 11.9 Å². The zero-order chi connectivity index (χ0) is 16.2. The summed E-state index contributed by atoms with van der Waals surface area (Å²) in [7, 11) is 0. The number of benzene rings is 1. The van der Waals surface area contributed by atoms with Crippen molar-refractivity contribution in [3.8, 4) is 11.4 Å². The fourth-order valence-corrected chi connectivity index (χ4v) is 1.73. The lowest BCUT2D eigenvalue weighted by Gasteiger charge is -2.00. The maximum absolute atomic E-state index is 12.9. The Morgan fingerprint density at radius 2 is 2.00 bits per heavy atom. The zero-order valence-electron chi connectivity index (χ0n) is 12.1. The fraction of sp³-hybridized carbons (Fsp3) is 0.133. The molecule has 8 heteroatoms. The van der Waals surface area contributed by atoms with Crippen LogP contribution >= 0.6 is 0 Å². The van der Waals surface area contributed by atoms with Crippen molar-refractivity contribution in [2.24, 2.45) is 0 Å². The van der Waals surface area contributed by atoms with Gasteiger partial charge in [0.2, 0.25) is 5.82 Å². The van der Waals surface area contributed by atoms with Gasteiger partial charge in [-0.1, -0.05) is 5.16 Å². The molecular formula is C15H11FN4O3. The van der Waals surface area contributed by atoms with Crippen LogP contribution in [0.3, 0.4) is 0 Å². The Morgan fingerprint density at radius 3 is 2.70 bits per heavy atom. The van der Waals surface area contributed by atoms with Gasteiger partial charge in [0.1, 0.15) is 5.82 Å². The van der Waals surface area contributed by atoms with Crippen LogP contribution in [0.15, 0.2) is 41.2 Å². The molecule has 0 spiro atoms. The van der Waals surface area contributed by atoms with E-state index in [2.05, 4.69) is 20.1 Å². The van der Waals surface area contributed by atoms with Crippen LogP contribution in [0.25, 0.3) is 11.4 Å². The molecule has 0 aliphatic rings. The molecule has 0 aliphatic carbocycles. The molecule has 7 nitrogen and oxygen atoms in total. The molecule has 0 saturated carbocycles. The molecule has 3 rings (SSSR count). The van der Waals surface area contributed by atoms with Crippen molar-refractivity contribution in [3.05, 3.63) is 59.8 Å². The smallest absolute Gasteiger partial charge is 0.359 e. The molecule has 0 bridgehead atoms. The number of rotatable bonds is 4. The molecule has 3 aromatic rings. The van der Waals surface area contributed by atoms with Crippen molar-refractivity contribution in [1.29, 1.82) is 0 Å². The Labute approximate surface area is 130 Å². The lowest BCUT2D eigenvalue weighted by atomic mass is 10.2. The number of carbonyl (C=O) groups is 1. The van der Waals surface area contributed by atoms with Gasteiger partial charge in [-0.2, -0.15) is 4.98 Å². The fourth-order valence-electron chi connectivity index (χ4n) is 1.73. The molecular weight excluding hydrogens is 303 g/mol. The van der Waals surface area contributed by atoms with Crippen molar-refractivity contribution in [2.75, 3.05) is 0 Å². The van der Waals surface area contributed by atoms with E-state index in [-0.39, 0.29) is 29.8 Å². The second-order valence-corrected chi connectivity index (χ2v) is 4.64. The average molecular weight is 314 g/mol. The first kappa shape index (κ1) is 14.8. The number of aryl methyl sites for hydroxylation is 1. The molecule has 2 heterocycles. The van der Waals surface area contributed by atoms with E-state index in [0.29, 0.717) is 11.3 Å². The first-order chi connectivity index (χ1) is 11.1. The third-order valence-corrected chi connectivity index (χ3v) is 2.89. The second kappa shape index (κ2) is 6.30. The van der Waals surface area contributed by atoms with E-state index < -0.39 is 5.97 Å². The molecule has 0 aliphatic heterocycles. The molecule has 23 heavy (non-hydrogen) atoms. The largest absolute Gasteiger partial charge is 0.451 e. The van der Waals surface area contributed by atoms with Gasteiger partial charge in [0.15, 0.2) is 12.3 Å². The maximum atomic E-state index is 12.9. The Balaban J connectivity index is 1.64. The summed E-state index contributed by atoms with van der Waals surface area (Å²) in [5.74, 6) is -0.589. The minimum absolute atomic E-state index is 0.0915. The molecule has 1 aromatic carbocycles. The normalized spacial score (nSPS) is 10.5. The average Bonchev–Trinajstić information content (AvgIpc) is 3.03. The van der Waals surface area contributed by atoms with Crippen LogP contribution in [0.1, 0.15) is 22.1 Å². The first-order valence-corrected chi connectivity index (χ1v) is 6.66. The van der Waals surface area contributed by atoms with Gasteiger partial charge in [0, 0.05) is 11.8 Å². The van der Waals surface area contributed by atoms with E-state index in [1.165, 1.54) is 36.7 Å². The number of carbonyl (C=O) groups excluding carboxylic acids is 1. The van der Waals surface area contributed by atoms with Crippen LogP contribution in [0, 0.1) is 12.7 Å².